The first-order chi connectivity index (χ1) is 15.4. The summed E-state index contributed by atoms with van der Waals surface area (Å²) in [6.07, 6.45) is 0.974. The number of hydrogen-bond donors (Lipinski definition) is 1. The third-order valence-electron chi connectivity index (χ3n) is 4.58. The maximum Gasteiger partial charge on any atom is 0.234 e. The predicted octanol–water partition coefficient (Wildman–Crippen LogP) is 5.60. The SMILES string of the molecule is CCc1ccc(OCc2nnc(SCC(=O)Nc3ccc(Cl)cc3F)n2CC(C)C)cc1. The van der Waals surface area contributed by atoms with Crippen LogP contribution in [0.25, 0.3) is 0 Å². The summed E-state index contributed by atoms with van der Waals surface area (Å²) >= 11 is 7.00. The van der Waals surface area contributed by atoms with Crippen molar-refractivity contribution in [3.63, 3.8) is 0 Å². The molecular weight excluding hydrogens is 451 g/mol. The van der Waals surface area contributed by atoms with Crippen molar-refractivity contribution in [2.24, 2.45) is 5.92 Å². The molecule has 0 aliphatic carbocycles. The highest BCUT2D eigenvalue weighted by atomic mass is 35.5. The maximum atomic E-state index is 13.9. The summed E-state index contributed by atoms with van der Waals surface area (Å²) in [5, 5.41) is 11.9. The van der Waals surface area contributed by atoms with Gasteiger partial charge in [0.1, 0.15) is 18.2 Å². The van der Waals surface area contributed by atoms with Crippen molar-refractivity contribution in [3.05, 3.63) is 64.7 Å². The zero-order chi connectivity index (χ0) is 23.1. The highest BCUT2D eigenvalue weighted by Gasteiger charge is 2.16. The number of amides is 1. The van der Waals surface area contributed by atoms with Gasteiger partial charge < -0.3 is 14.6 Å². The molecule has 1 heterocycles. The number of aryl methyl sites for hydroxylation is 1. The lowest BCUT2D eigenvalue weighted by Gasteiger charge is -2.13. The number of rotatable bonds is 10. The zero-order valence-corrected chi connectivity index (χ0v) is 19.8. The number of ether oxygens (including phenoxy) is 1. The van der Waals surface area contributed by atoms with Gasteiger partial charge in [0, 0.05) is 11.6 Å². The van der Waals surface area contributed by atoms with E-state index in [1.165, 1.54) is 29.5 Å². The van der Waals surface area contributed by atoms with Gasteiger partial charge in [-0.15, -0.1) is 10.2 Å². The van der Waals surface area contributed by atoms with E-state index in [4.69, 9.17) is 16.3 Å². The van der Waals surface area contributed by atoms with E-state index < -0.39 is 5.82 Å². The van der Waals surface area contributed by atoms with Gasteiger partial charge in [0.25, 0.3) is 0 Å². The van der Waals surface area contributed by atoms with Crippen molar-refractivity contribution in [2.45, 2.75) is 45.5 Å². The number of nitrogens with zero attached hydrogens (tertiary/aromatic N) is 3. The van der Waals surface area contributed by atoms with E-state index in [-0.39, 0.29) is 29.0 Å². The van der Waals surface area contributed by atoms with E-state index in [0.29, 0.717) is 23.4 Å². The number of carbonyl (C=O) groups excluding carboxylic acids is 1. The van der Waals surface area contributed by atoms with Crippen molar-refractivity contribution in [1.29, 1.82) is 0 Å². The van der Waals surface area contributed by atoms with E-state index >= 15 is 0 Å². The second kappa shape index (κ2) is 11.3. The molecular formula is C23H26ClFN4O2S. The Labute approximate surface area is 196 Å². The first-order valence-corrected chi connectivity index (χ1v) is 11.7. The Hall–Kier alpha value is -2.58. The largest absolute Gasteiger partial charge is 0.486 e. The minimum atomic E-state index is -0.578. The quantitative estimate of drug-likeness (QED) is 0.386. The van der Waals surface area contributed by atoms with Crippen LogP contribution in [0.15, 0.2) is 47.6 Å². The van der Waals surface area contributed by atoms with Gasteiger partial charge in [0.05, 0.1) is 11.4 Å². The third kappa shape index (κ3) is 6.71. The Morgan fingerprint density at radius 3 is 2.62 bits per heavy atom. The van der Waals surface area contributed by atoms with Crippen LogP contribution < -0.4 is 10.1 Å². The van der Waals surface area contributed by atoms with Crippen LogP contribution in [-0.4, -0.2) is 26.4 Å². The second-order valence-corrected chi connectivity index (χ2v) is 9.03. The number of thioether (sulfide) groups is 1. The average Bonchev–Trinajstić information content (AvgIpc) is 3.14. The van der Waals surface area contributed by atoms with Crippen LogP contribution in [0.5, 0.6) is 5.75 Å². The maximum absolute atomic E-state index is 13.9. The molecule has 0 radical (unpaired) electrons. The lowest BCUT2D eigenvalue weighted by atomic mass is 10.2. The van der Waals surface area contributed by atoms with E-state index in [1.807, 2.05) is 28.8 Å². The van der Waals surface area contributed by atoms with E-state index in [9.17, 15) is 9.18 Å². The summed E-state index contributed by atoms with van der Waals surface area (Å²) in [5.41, 5.74) is 1.34. The highest BCUT2D eigenvalue weighted by Crippen LogP contribution is 2.22. The first kappa shape index (κ1) is 24.1. The van der Waals surface area contributed by atoms with Gasteiger partial charge in [-0.3, -0.25) is 4.79 Å². The molecule has 0 atom stereocenters. The molecule has 1 amide bonds. The van der Waals surface area contributed by atoms with Crippen LogP contribution in [0.1, 0.15) is 32.2 Å². The Bertz CT molecular complexity index is 1060. The number of aromatic nitrogens is 3. The number of benzene rings is 2. The van der Waals surface area contributed by atoms with Crippen LogP contribution in [0.2, 0.25) is 5.02 Å². The number of halogens is 2. The summed E-state index contributed by atoms with van der Waals surface area (Å²) in [7, 11) is 0. The monoisotopic (exact) mass is 476 g/mol. The zero-order valence-electron chi connectivity index (χ0n) is 18.3. The molecule has 3 rings (SSSR count). The number of anilines is 1. The van der Waals surface area contributed by atoms with Gasteiger partial charge in [-0.2, -0.15) is 0 Å². The Kier molecular flexibility index (Phi) is 8.53. The van der Waals surface area contributed by atoms with Crippen LogP contribution in [0.4, 0.5) is 10.1 Å². The normalized spacial score (nSPS) is 11.1. The summed E-state index contributed by atoms with van der Waals surface area (Å²) in [5.74, 6) is 0.946. The smallest absolute Gasteiger partial charge is 0.234 e. The average molecular weight is 477 g/mol. The Morgan fingerprint density at radius 1 is 1.22 bits per heavy atom. The highest BCUT2D eigenvalue weighted by molar-refractivity contribution is 7.99. The number of carbonyl (C=O) groups is 1. The molecule has 0 aliphatic heterocycles. The van der Waals surface area contributed by atoms with Crippen LogP contribution >= 0.6 is 23.4 Å². The van der Waals surface area contributed by atoms with Crippen LogP contribution in [-0.2, 0) is 24.4 Å². The van der Waals surface area contributed by atoms with Crippen molar-refractivity contribution < 1.29 is 13.9 Å². The number of nitrogens with one attached hydrogen (secondary N) is 1. The summed E-state index contributed by atoms with van der Waals surface area (Å²) in [6, 6.07) is 12.1. The molecule has 0 unspecified atom stereocenters. The minimum Gasteiger partial charge on any atom is -0.486 e. The van der Waals surface area contributed by atoms with Crippen LogP contribution in [0, 0.1) is 11.7 Å². The fourth-order valence-electron chi connectivity index (χ4n) is 2.96. The van der Waals surface area contributed by atoms with E-state index in [1.54, 1.807) is 0 Å². The Balaban J connectivity index is 1.63. The predicted molar refractivity (Wildman–Crippen MR) is 126 cm³/mol. The Morgan fingerprint density at radius 2 is 1.97 bits per heavy atom. The van der Waals surface area contributed by atoms with Gasteiger partial charge >= 0.3 is 0 Å². The summed E-state index contributed by atoms with van der Waals surface area (Å²) < 4.78 is 21.8. The molecule has 3 aromatic rings. The molecule has 9 heteroatoms. The molecule has 0 spiro atoms. The van der Waals surface area contributed by atoms with E-state index in [2.05, 4.69) is 36.3 Å². The third-order valence-corrected chi connectivity index (χ3v) is 5.78. The van der Waals surface area contributed by atoms with Crippen LogP contribution in [0.3, 0.4) is 0 Å². The topological polar surface area (TPSA) is 69.0 Å². The molecule has 0 fully saturated rings. The number of hydrogen-bond acceptors (Lipinski definition) is 5. The fourth-order valence-corrected chi connectivity index (χ4v) is 3.88. The molecule has 170 valence electrons. The molecule has 1 N–H and O–H groups in total. The van der Waals surface area contributed by atoms with Crippen molar-refractivity contribution in [3.8, 4) is 5.75 Å². The standard InChI is InChI=1S/C23H26ClFN4O2S/c1-4-16-5-8-18(9-6-16)31-13-21-27-28-23(29(21)12-15(2)3)32-14-22(30)26-20-10-7-17(24)11-19(20)25/h5-11,15H,4,12-14H2,1-3H3,(H,26,30). The first-order valence-electron chi connectivity index (χ1n) is 10.4. The van der Waals surface area contributed by atoms with Crippen molar-refractivity contribution >= 4 is 35.0 Å². The minimum absolute atomic E-state index is 0.0671. The van der Waals surface area contributed by atoms with Gasteiger partial charge in [-0.05, 0) is 48.2 Å². The molecule has 0 aliphatic rings. The van der Waals surface area contributed by atoms with Gasteiger partial charge in [-0.25, -0.2) is 4.39 Å². The molecule has 32 heavy (non-hydrogen) atoms. The van der Waals surface area contributed by atoms with E-state index in [0.717, 1.165) is 18.2 Å². The molecule has 1 aromatic heterocycles. The van der Waals surface area contributed by atoms with Crippen molar-refractivity contribution in [1.82, 2.24) is 14.8 Å². The molecule has 0 saturated carbocycles. The fraction of sp³-hybridized carbons (Fsp3) is 0.348. The van der Waals surface area contributed by atoms with Gasteiger partial charge in [0.15, 0.2) is 11.0 Å². The molecule has 0 bridgehead atoms. The lowest BCUT2D eigenvalue weighted by Crippen LogP contribution is -2.16. The second-order valence-electron chi connectivity index (χ2n) is 7.65. The molecule has 2 aromatic carbocycles. The molecule has 0 saturated heterocycles. The summed E-state index contributed by atoms with van der Waals surface area (Å²) in [4.78, 5) is 12.3. The van der Waals surface area contributed by atoms with Crippen molar-refractivity contribution in [2.75, 3.05) is 11.1 Å². The van der Waals surface area contributed by atoms with Gasteiger partial charge in [-0.1, -0.05) is 56.3 Å². The van der Waals surface area contributed by atoms with Gasteiger partial charge in [0.2, 0.25) is 5.91 Å². The summed E-state index contributed by atoms with van der Waals surface area (Å²) in [6.45, 7) is 7.26. The lowest BCUT2D eigenvalue weighted by molar-refractivity contribution is -0.113. The molecule has 6 nitrogen and oxygen atoms in total.